The molecule has 0 radical (unpaired) electrons. The fourth-order valence-corrected chi connectivity index (χ4v) is 2.77. The lowest BCUT2D eigenvalue weighted by Crippen LogP contribution is -2.25. The molecular formula is C17H22ClFN2. The molecule has 0 saturated heterocycles. The van der Waals surface area contributed by atoms with Crippen LogP contribution < -0.4 is 5.32 Å². The lowest BCUT2D eigenvalue weighted by Gasteiger charge is -2.20. The molecule has 1 unspecified atom stereocenters. The highest BCUT2D eigenvalue weighted by molar-refractivity contribution is 6.31. The molecule has 0 amide bonds. The second-order valence-electron chi connectivity index (χ2n) is 5.63. The lowest BCUT2D eigenvalue weighted by atomic mass is 9.98. The molecule has 1 N–H and O–H groups in total. The van der Waals surface area contributed by atoms with E-state index in [9.17, 15) is 4.39 Å². The Morgan fingerprint density at radius 2 is 2.05 bits per heavy atom. The Balaban J connectivity index is 2.15. The molecule has 21 heavy (non-hydrogen) atoms. The molecule has 1 heterocycles. The molecule has 1 aromatic heterocycles. The van der Waals surface area contributed by atoms with Crippen molar-refractivity contribution in [2.24, 2.45) is 5.92 Å². The van der Waals surface area contributed by atoms with Gasteiger partial charge in [0.2, 0.25) is 0 Å². The molecule has 0 spiro atoms. The van der Waals surface area contributed by atoms with E-state index in [1.54, 1.807) is 6.07 Å². The zero-order chi connectivity index (χ0) is 15.4. The largest absolute Gasteiger partial charge is 0.350 e. The summed E-state index contributed by atoms with van der Waals surface area (Å²) in [6.45, 7) is 8.13. The summed E-state index contributed by atoms with van der Waals surface area (Å²) in [4.78, 5) is 0. The van der Waals surface area contributed by atoms with Gasteiger partial charge in [-0.25, -0.2) is 4.39 Å². The van der Waals surface area contributed by atoms with Crippen molar-refractivity contribution in [3.8, 4) is 0 Å². The second-order valence-corrected chi connectivity index (χ2v) is 6.04. The number of aromatic nitrogens is 1. The summed E-state index contributed by atoms with van der Waals surface area (Å²) in [7, 11) is 0. The molecule has 0 saturated carbocycles. The first-order chi connectivity index (χ1) is 10.0. The first-order valence-corrected chi connectivity index (χ1v) is 7.72. The molecule has 0 aliphatic carbocycles. The van der Waals surface area contributed by atoms with Gasteiger partial charge < -0.3 is 9.88 Å². The summed E-state index contributed by atoms with van der Waals surface area (Å²) >= 11 is 6.08. The molecule has 0 bridgehead atoms. The van der Waals surface area contributed by atoms with Crippen molar-refractivity contribution in [3.05, 3.63) is 58.6 Å². The monoisotopic (exact) mass is 308 g/mol. The fraction of sp³-hybridized carbons (Fsp3) is 0.412. The normalized spacial score (nSPS) is 12.9. The lowest BCUT2D eigenvalue weighted by molar-refractivity contribution is 0.421. The molecule has 0 aliphatic rings. The van der Waals surface area contributed by atoms with E-state index in [0.717, 1.165) is 12.1 Å². The van der Waals surface area contributed by atoms with Gasteiger partial charge in [-0.05, 0) is 41.8 Å². The van der Waals surface area contributed by atoms with Crippen molar-refractivity contribution in [2.45, 2.75) is 33.4 Å². The van der Waals surface area contributed by atoms with E-state index < -0.39 is 0 Å². The average Bonchev–Trinajstić information content (AvgIpc) is 2.87. The fourth-order valence-electron chi connectivity index (χ4n) is 2.55. The predicted octanol–water partition coefficient (Wildman–Crippen LogP) is 4.64. The molecule has 1 atom stereocenters. The minimum absolute atomic E-state index is 0.302. The smallest absolute Gasteiger partial charge is 0.124 e. The maximum atomic E-state index is 13.1. The third-order valence-corrected chi connectivity index (χ3v) is 3.94. The molecule has 2 rings (SSSR count). The van der Waals surface area contributed by atoms with Gasteiger partial charge in [0.1, 0.15) is 5.82 Å². The number of benzene rings is 1. The summed E-state index contributed by atoms with van der Waals surface area (Å²) in [5.74, 6) is 0.221. The van der Waals surface area contributed by atoms with Gasteiger partial charge in [0.25, 0.3) is 0 Å². The van der Waals surface area contributed by atoms with Gasteiger partial charge in [-0.15, -0.1) is 0 Å². The minimum Gasteiger partial charge on any atom is -0.350 e. The number of hydrogen-bond donors (Lipinski definition) is 1. The number of halogens is 2. The maximum Gasteiger partial charge on any atom is 0.124 e. The standard InChI is InChI=1S/C17H22ClFN2/c1-4-20-17(12(2)3)14-7-8-21(11-14)10-13-5-6-15(19)9-16(13)18/h5-9,11-12,17,20H,4,10H2,1-3H3. The van der Waals surface area contributed by atoms with Gasteiger partial charge in [-0.2, -0.15) is 0 Å². The van der Waals surface area contributed by atoms with Crippen molar-refractivity contribution in [1.29, 1.82) is 0 Å². The van der Waals surface area contributed by atoms with Gasteiger partial charge in [0.05, 0.1) is 0 Å². The van der Waals surface area contributed by atoms with Crippen LogP contribution in [0.5, 0.6) is 0 Å². The molecular weight excluding hydrogens is 287 g/mol. The summed E-state index contributed by atoms with van der Waals surface area (Å²) in [5, 5.41) is 3.98. The second kappa shape index (κ2) is 7.10. The Morgan fingerprint density at radius 3 is 2.67 bits per heavy atom. The molecule has 114 valence electrons. The van der Waals surface area contributed by atoms with Crippen molar-refractivity contribution >= 4 is 11.6 Å². The third-order valence-electron chi connectivity index (χ3n) is 3.59. The van der Waals surface area contributed by atoms with Gasteiger partial charge in [0.15, 0.2) is 0 Å². The van der Waals surface area contributed by atoms with Crippen LogP contribution in [0.4, 0.5) is 4.39 Å². The van der Waals surface area contributed by atoms with Gasteiger partial charge in [-0.3, -0.25) is 0 Å². The Morgan fingerprint density at radius 1 is 1.29 bits per heavy atom. The number of nitrogens with zero attached hydrogens (tertiary/aromatic N) is 1. The third kappa shape index (κ3) is 4.08. The zero-order valence-electron chi connectivity index (χ0n) is 12.7. The van der Waals surface area contributed by atoms with E-state index in [1.165, 1.54) is 17.7 Å². The van der Waals surface area contributed by atoms with Crippen molar-refractivity contribution < 1.29 is 4.39 Å². The predicted molar refractivity (Wildman–Crippen MR) is 86.2 cm³/mol. The Hall–Kier alpha value is -1.32. The van der Waals surface area contributed by atoms with Crippen LogP contribution in [0, 0.1) is 11.7 Å². The van der Waals surface area contributed by atoms with Crippen LogP contribution in [0.1, 0.15) is 37.9 Å². The van der Waals surface area contributed by atoms with Gasteiger partial charge in [0, 0.05) is 30.0 Å². The van der Waals surface area contributed by atoms with Crippen molar-refractivity contribution in [1.82, 2.24) is 9.88 Å². The number of nitrogens with one attached hydrogen (secondary N) is 1. The molecule has 2 nitrogen and oxygen atoms in total. The highest BCUT2D eigenvalue weighted by Crippen LogP contribution is 2.23. The maximum absolute atomic E-state index is 13.1. The minimum atomic E-state index is -0.302. The first-order valence-electron chi connectivity index (χ1n) is 7.34. The van der Waals surface area contributed by atoms with Crippen molar-refractivity contribution in [3.63, 3.8) is 0 Å². The molecule has 0 fully saturated rings. The van der Waals surface area contributed by atoms with Crippen LogP contribution in [0.2, 0.25) is 5.02 Å². The SMILES string of the molecule is CCNC(c1ccn(Cc2ccc(F)cc2Cl)c1)C(C)C. The van der Waals surface area contributed by atoms with Gasteiger partial charge in [-0.1, -0.05) is 38.4 Å². The Bertz CT molecular complexity index is 592. The highest BCUT2D eigenvalue weighted by atomic mass is 35.5. The van der Waals surface area contributed by atoms with Crippen LogP contribution in [-0.4, -0.2) is 11.1 Å². The van der Waals surface area contributed by atoms with E-state index in [4.69, 9.17) is 11.6 Å². The molecule has 0 aliphatic heterocycles. The Kier molecular flexibility index (Phi) is 5.43. The summed E-state index contributed by atoms with van der Waals surface area (Å²) in [6.07, 6.45) is 4.18. The first kappa shape index (κ1) is 16.1. The molecule has 4 heteroatoms. The molecule has 2 aromatic rings. The van der Waals surface area contributed by atoms with E-state index in [1.807, 2.05) is 6.20 Å². The quantitative estimate of drug-likeness (QED) is 0.823. The molecule has 1 aromatic carbocycles. The Labute approximate surface area is 130 Å². The van der Waals surface area contributed by atoms with Gasteiger partial charge >= 0.3 is 0 Å². The van der Waals surface area contributed by atoms with Crippen LogP contribution in [0.3, 0.4) is 0 Å². The van der Waals surface area contributed by atoms with Crippen LogP contribution in [0.15, 0.2) is 36.7 Å². The van der Waals surface area contributed by atoms with E-state index in [0.29, 0.717) is 23.5 Å². The summed E-state index contributed by atoms with van der Waals surface area (Å²) in [5.41, 5.74) is 2.19. The summed E-state index contributed by atoms with van der Waals surface area (Å²) in [6, 6.07) is 7.02. The van der Waals surface area contributed by atoms with E-state index >= 15 is 0 Å². The van der Waals surface area contributed by atoms with Crippen LogP contribution >= 0.6 is 11.6 Å². The van der Waals surface area contributed by atoms with Crippen molar-refractivity contribution in [2.75, 3.05) is 6.54 Å². The topological polar surface area (TPSA) is 17.0 Å². The highest BCUT2D eigenvalue weighted by Gasteiger charge is 2.15. The zero-order valence-corrected chi connectivity index (χ0v) is 13.5. The average molecular weight is 309 g/mol. The van der Waals surface area contributed by atoms with Crippen LogP contribution in [0.25, 0.3) is 0 Å². The number of hydrogen-bond acceptors (Lipinski definition) is 1. The van der Waals surface area contributed by atoms with E-state index in [-0.39, 0.29) is 5.82 Å². The van der Waals surface area contributed by atoms with E-state index in [2.05, 4.69) is 42.9 Å². The van der Waals surface area contributed by atoms with Crippen LogP contribution in [-0.2, 0) is 6.54 Å². The number of rotatable bonds is 6. The summed E-state index contributed by atoms with van der Waals surface area (Å²) < 4.78 is 15.2.